The number of amides is 3. The molecule has 0 saturated carbocycles. The standard InChI is InChI=1S/C34H42N6O6/c1-23(2)31(32(43)33-37-36-30(46-33)20-26-11-7-8-24(3)18-26)35-29(42)22-40-27(19-25-9-5-4-6-10-25)28(41)21-39(34(40)44)13-12-38-14-16-45-17-15-38/h4-11,18,23,27,31H,12-17,19-22H2,1-3H3,(H,35,42)/t27?,31-/m0/s1. The molecular weight excluding hydrogens is 588 g/mol. The van der Waals surface area contributed by atoms with Gasteiger partial charge in [-0.15, -0.1) is 10.2 Å². The summed E-state index contributed by atoms with van der Waals surface area (Å²) in [6.07, 6.45) is 0.658. The van der Waals surface area contributed by atoms with Gasteiger partial charge in [-0.1, -0.05) is 74.0 Å². The van der Waals surface area contributed by atoms with Crippen LogP contribution in [-0.2, 0) is 27.2 Å². The monoisotopic (exact) mass is 630 g/mol. The highest BCUT2D eigenvalue weighted by Gasteiger charge is 2.41. The molecule has 0 bridgehead atoms. The zero-order valence-corrected chi connectivity index (χ0v) is 26.7. The largest absolute Gasteiger partial charge is 0.418 e. The van der Waals surface area contributed by atoms with E-state index in [0.717, 1.165) is 29.8 Å². The highest BCUT2D eigenvalue weighted by Crippen LogP contribution is 2.19. The van der Waals surface area contributed by atoms with E-state index in [4.69, 9.17) is 9.15 Å². The number of carbonyl (C=O) groups excluding carboxylic acids is 4. The number of rotatable bonds is 13. The Kier molecular flexibility index (Phi) is 10.9. The lowest BCUT2D eigenvalue weighted by Gasteiger charge is -2.41. The number of nitrogens with zero attached hydrogens (tertiary/aromatic N) is 5. The van der Waals surface area contributed by atoms with Crippen LogP contribution in [0.3, 0.4) is 0 Å². The fourth-order valence-corrected chi connectivity index (χ4v) is 5.81. The zero-order chi connectivity index (χ0) is 32.6. The molecule has 12 heteroatoms. The maximum absolute atomic E-state index is 13.8. The molecule has 3 heterocycles. The van der Waals surface area contributed by atoms with Crippen molar-refractivity contribution in [3.8, 4) is 0 Å². The summed E-state index contributed by atoms with van der Waals surface area (Å²) in [5.74, 6) is -1.42. The van der Waals surface area contributed by atoms with Gasteiger partial charge in [0, 0.05) is 32.6 Å². The van der Waals surface area contributed by atoms with Crippen LogP contribution in [0.15, 0.2) is 59.0 Å². The number of hydrogen-bond acceptors (Lipinski definition) is 9. The fraction of sp³-hybridized carbons (Fsp3) is 0.471. The Balaban J connectivity index is 1.28. The molecule has 2 fully saturated rings. The average molecular weight is 631 g/mol. The van der Waals surface area contributed by atoms with Gasteiger partial charge in [0.05, 0.1) is 38.3 Å². The second kappa shape index (κ2) is 15.2. The van der Waals surface area contributed by atoms with Gasteiger partial charge in [-0.25, -0.2) is 4.79 Å². The summed E-state index contributed by atoms with van der Waals surface area (Å²) in [6, 6.07) is 15.1. The molecule has 12 nitrogen and oxygen atoms in total. The number of ketones is 2. The highest BCUT2D eigenvalue weighted by molar-refractivity contribution is 6.00. The van der Waals surface area contributed by atoms with Crippen molar-refractivity contribution in [1.82, 2.24) is 30.2 Å². The summed E-state index contributed by atoms with van der Waals surface area (Å²) in [5, 5.41) is 10.8. The van der Waals surface area contributed by atoms with E-state index < -0.39 is 23.8 Å². The summed E-state index contributed by atoms with van der Waals surface area (Å²) in [7, 11) is 0. The number of hydrogen-bond donors (Lipinski definition) is 1. The van der Waals surface area contributed by atoms with Crippen molar-refractivity contribution in [2.24, 2.45) is 5.92 Å². The van der Waals surface area contributed by atoms with Gasteiger partial charge in [-0.05, 0) is 24.0 Å². The Hall–Kier alpha value is -4.42. The number of nitrogens with one attached hydrogen (secondary N) is 1. The van der Waals surface area contributed by atoms with Crippen LogP contribution in [0, 0.1) is 12.8 Å². The van der Waals surface area contributed by atoms with E-state index in [2.05, 4.69) is 20.4 Å². The molecule has 46 heavy (non-hydrogen) atoms. The molecule has 2 aliphatic rings. The van der Waals surface area contributed by atoms with Gasteiger partial charge in [0.15, 0.2) is 5.78 Å². The molecule has 0 spiro atoms. The molecule has 3 amide bonds. The van der Waals surface area contributed by atoms with Crippen LogP contribution >= 0.6 is 0 Å². The third kappa shape index (κ3) is 8.43. The molecule has 1 aromatic heterocycles. The lowest BCUT2D eigenvalue weighted by Crippen LogP contribution is -2.63. The molecule has 2 saturated heterocycles. The number of ether oxygens (including phenoxy) is 1. The summed E-state index contributed by atoms with van der Waals surface area (Å²) in [4.78, 5) is 59.3. The predicted octanol–water partition coefficient (Wildman–Crippen LogP) is 2.54. The quantitative estimate of drug-likeness (QED) is 0.283. The van der Waals surface area contributed by atoms with Crippen LogP contribution in [0.5, 0.6) is 0 Å². The first-order valence-electron chi connectivity index (χ1n) is 15.8. The lowest BCUT2D eigenvalue weighted by atomic mass is 9.98. The van der Waals surface area contributed by atoms with Gasteiger partial charge in [-0.3, -0.25) is 19.3 Å². The third-order valence-electron chi connectivity index (χ3n) is 8.37. The second-order valence-electron chi connectivity index (χ2n) is 12.3. The molecule has 0 aliphatic carbocycles. The van der Waals surface area contributed by atoms with E-state index in [1.165, 1.54) is 9.80 Å². The first-order chi connectivity index (χ1) is 22.2. The molecule has 1 unspecified atom stereocenters. The van der Waals surface area contributed by atoms with E-state index in [0.29, 0.717) is 38.6 Å². The molecule has 1 N–H and O–H groups in total. The number of benzene rings is 2. The fourth-order valence-electron chi connectivity index (χ4n) is 5.81. The van der Waals surface area contributed by atoms with E-state index >= 15 is 0 Å². The van der Waals surface area contributed by atoms with Crippen molar-refractivity contribution in [2.75, 3.05) is 52.5 Å². The van der Waals surface area contributed by atoms with Crippen molar-refractivity contribution in [3.05, 3.63) is 83.1 Å². The first-order valence-corrected chi connectivity index (χ1v) is 15.8. The van der Waals surface area contributed by atoms with E-state index in [1.807, 2.05) is 61.5 Å². The second-order valence-corrected chi connectivity index (χ2v) is 12.3. The van der Waals surface area contributed by atoms with Gasteiger partial charge in [-0.2, -0.15) is 0 Å². The zero-order valence-electron chi connectivity index (χ0n) is 26.7. The minimum absolute atomic E-state index is 0.0199. The van der Waals surface area contributed by atoms with Gasteiger partial charge in [0.1, 0.15) is 6.54 Å². The predicted molar refractivity (Wildman–Crippen MR) is 169 cm³/mol. The van der Waals surface area contributed by atoms with Gasteiger partial charge in [0.2, 0.25) is 17.6 Å². The molecule has 0 radical (unpaired) electrons. The lowest BCUT2D eigenvalue weighted by molar-refractivity contribution is -0.129. The molecule has 2 aromatic carbocycles. The molecule has 5 rings (SSSR count). The number of carbonyl (C=O) groups is 4. The molecular formula is C34H42N6O6. The Morgan fingerprint density at radius 2 is 1.72 bits per heavy atom. The maximum atomic E-state index is 13.8. The minimum Gasteiger partial charge on any atom is -0.418 e. The first kappa shape index (κ1) is 33.0. The van der Waals surface area contributed by atoms with Gasteiger partial charge >= 0.3 is 6.03 Å². The highest BCUT2D eigenvalue weighted by atomic mass is 16.5. The van der Waals surface area contributed by atoms with Crippen LogP contribution < -0.4 is 5.32 Å². The van der Waals surface area contributed by atoms with E-state index in [1.54, 1.807) is 13.8 Å². The average Bonchev–Trinajstić information content (AvgIpc) is 3.51. The molecule has 244 valence electrons. The van der Waals surface area contributed by atoms with E-state index in [-0.39, 0.29) is 43.1 Å². The van der Waals surface area contributed by atoms with Crippen LogP contribution in [0.1, 0.15) is 47.1 Å². The van der Waals surface area contributed by atoms with Crippen LogP contribution in [0.2, 0.25) is 0 Å². The summed E-state index contributed by atoms with van der Waals surface area (Å²) >= 11 is 0. The Bertz CT molecular complexity index is 1520. The van der Waals surface area contributed by atoms with Crippen LogP contribution in [0.4, 0.5) is 4.79 Å². The number of aryl methyl sites for hydroxylation is 1. The van der Waals surface area contributed by atoms with E-state index in [9.17, 15) is 19.2 Å². The smallest absolute Gasteiger partial charge is 0.321 e. The summed E-state index contributed by atoms with van der Waals surface area (Å²) in [5.41, 5.74) is 2.95. The third-order valence-corrected chi connectivity index (χ3v) is 8.37. The Labute approximate surface area is 269 Å². The maximum Gasteiger partial charge on any atom is 0.321 e. The molecule has 2 atom stereocenters. The van der Waals surface area contributed by atoms with Crippen molar-refractivity contribution in [1.29, 1.82) is 0 Å². The number of Topliss-reactive ketones (excluding diaryl/α,β-unsaturated/α-hetero) is 2. The molecule has 3 aromatic rings. The molecule has 2 aliphatic heterocycles. The summed E-state index contributed by atoms with van der Waals surface area (Å²) < 4.78 is 11.1. The Morgan fingerprint density at radius 1 is 0.978 bits per heavy atom. The van der Waals surface area contributed by atoms with Gasteiger partial charge in [0.25, 0.3) is 5.89 Å². The van der Waals surface area contributed by atoms with Crippen molar-refractivity contribution in [2.45, 2.75) is 45.7 Å². The van der Waals surface area contributed by atoms with Gasteiger partial charge < -0.3 is 24.3 Å². The van der Waals surface area contributed by atoms with Crippen LogP contribution in [0.25, 0.3) is 0 Å². The Morgan fingerprint density at radius 3 is 2.43 bits per heavy atom. The van der Waals surface area contributed by atoms with Crippen molar-refractivity contribution >= 4 is 23.5 Å². The normalized spacial score (nSPS) is 18.2. The SMILES string of the molecule is Cc1cccc(Cc2nnc(C(=O)[C@@H](NC(=O)CN3C(=O)N(CCN4CCOCC4)CC(=O)C3Cc3ccccc3)C(C)C)o2)c1. The van der Waals surface area contributed by atoms with Crippen molar-refractivity contribution < 1.29 is 28.3 Å². The number of morpholine rings is 1. The minimum atomic E-state index is -0.972. The van der Waals surface area contributed by atoms with Crippen LogP contribution in [-0.4, -0.2) is 113 Å². The number of urea groups is 1. The van der Waals surface area contributed by atoms with Crippen molar-refractivity contribution in [3.63, 3.8) is 0 Å². The number of aromatic nitrogens is 2. The topological polar surface area (TPSA) is 138 Å². The summed E-state index contributed by atoms with van der Waals surface area (Å²) in [6.45, 7) is 8.93.